The average molecular weight is 241 g/mol. The van der Waals surface area contributed by atoms with Crippen LogP contribution in [-0.2, 0) is 4.74 Å². The third-order valence-electron chi connectivity index (χ3n) is 2.75. The first-order chi connectivity index (χ1) is 7.56. The summed E-state index contributed by atoms with van der Waals surface area (Å²) < 4.78 is 5.69. The molecule has 2 rings (SSSR count). The van der Waals surface area contributed by atoms with E-state index < -0.39 is 0 Å². The Morgan fingerprint density at radius 2 is 1.94 bits per heavy atom. The Morgan fingerprint density at radius 1 is 1.31 bits per heavy atom. The van der Waals surface area contributed by atoms with E-state index in [1.165, 1.54) is 0 Å². The molecule has 88 valence electrons. The van der Waals surface area contributed by atoms with Crippen LogP contribution in [0.25, 0.3) is 0 Å². The second-order valence-corrected chi connectivity index (χ2v) is 4.80. The highest BCUT2D eigenvalue weighted by Crippen LogP contribution is 2.28. The predicted molar refractivity (Wildman–Crippen MR) is 68.1 cm³/mol. The summed E-state index contributed by atoms with van der Waals surface area (Å²) in [6.07, 6.45) is 0.470. The van der Waals surface area contributed by atoms with E-state index in [2.05, 4.69) is 18.7 Å². The third-order valence-corrected chi connectivity index (χ3v) is 2.98. The lowest BCUT2D eigenvalue weighted by Gasteiger charge is -2.37. The molecule has 0 bridgehead atoms. The van der Waals surface area contributed by atoms with Gasteiger partial charge in [-0.3, -0.25) is 0 Å². The van der Waals surface area contributed by atoms with Crippen molar-refractivity contribution >= 4 is 23.0 Å². The third kappa shape index (κ3) is 2.42. The van der Waals surface area contributed by atoms with Gasteiger partial charge in [-0.1, -0.05) is 11.6 Å². The number of nitrogens with two attached hydrogens (primary N) is 1. The van der Waals surface area contributed by atoms with Crippen LogP contribution in [0.1, 0.15) is 13.8 Å². The van der Waals surface area contributed by atoms with E-state index in [-0.39, 0.29) is 12.2 Å². The van der Waals surface area contributed by atoms with Crippen LogP contribution < -0.4 is 10.6 Å². The van der Waals surface area contributed by atoms with Gasteiger partial charge in [-0.2, -0.15) is 0 Å². The van der Waals surface area contributed by atoms with E-state index in [1.807, 2.05) is 12.1 Å². The highest BCUT2D eigenvalue weighted by Gasteiger charge is 2.23. The minimum Gasteiger partial charge on any atom is -0.397 e. The Morgan fingerprint density at radius 3 is 2.50 bits per heavy atom. The largest absolute Gasteiger partial charge is 0.397 e. The van der Waals surface area contributed by atoms with Gasteiger partial charge in [0.1, 0.15) is 0 Å². The molecule has 0 amide bonds. The molecule has 1 heterocycles. The van der Waals surface area contributed by atoms with Gasteiger partial charge in [0, 0.05) is 18.1 Å². The first-order valence-electron chi connectivity index (χ1n) is 5.51. The van der Waals surface area contributed by atoms with Gasteiger partial charge >= 0.3 is 0 Å². The fraction of sp³-hybridized carbons (Fsp3) is 0.500. The maximum atomic E-state index is 5.98. The Balaban J connectivity index is 2.23. The number of morpholine rings is 1. The molecule has 0 saturated carbocycles. The van der Waals surface area contributed by atoms with Gasteiger partial charge in [-0.15, -0.1) is 0 Å². The minimum atomic E-state index is 0.235. The van der Waals surface area contributed by atoms with Crippen LogP contribution in [0.4, 0.5) is 11.4 Å². The number of halogens is 1. The Hall–Kier alpha value is -0.930. The number of ether oxygens (including phenoxy) is 1. The molecule has 2 atom stereocenters. The van der Waals surface area contributed by atoms with Gasteiger partial charge < -0.3 is 15.4 Å². The average Bonchev–Trinajstić information content (AvgIpc) is 2.15. The Bertz CT molecular complexity index is 373. The topological polar surface area (TPSA) is 38.5 Å². The molecule has 0 aromatic heterocycles. The molecular weight excluding hydrogens is 224 g/mol. The molecule has 1 saturated heterocycles. The Kier molecular flexibility index (Phi) is 3.26. The fourth-order valence-corrected chi connectivity index (χ4v) is 2.37. The van der Waals surface area contributed by atoms with Crippen molar-refractivity contribution in [3.8, 4) is 0 Å². The Labute approximate surface area is 101 Å². The van der Waals surface area contributed by atoms with Crippen LogP contribution in [0.3, 0.4) is 0 Å². The van der Waals surface area contributed by atoms with Crippen molar-refractivity contribution < 1.29 is 4.74 Å². The lowest BCUT2D eigenvalue weighted by molar-refractivity contribution is -0.00517. The molecule has 4 heteroatoms. The molecule has 1 aromatic carbocycles. The van der Waals surface area contributed by atoms with E-state index in [0.717, 1.165) is 24.5 Å². The van der Waals surface area contributed by atoms with Crippen molar-refractivity contribution in [1.82, 2.24) is 0 Å². The number of nitrogens with zero attached hydrogens (tertiary/aromatic N) is 1. The molecule has 3 nitrogen and oxygen atoms in total. The second-order valence-electron chi connectivity index (χ2n) is 4.37. The second kappa shape index (κ2) is 4.52. The lowest BCUT2D eigenvalue weighted by Crippen LogP contribution is -2.45. The SMILES string of the molecule is C[C@@H]1CN(c2ccc(Cl)cc2N)C[C@H](C)O1. The monoisotopic (exact) mass is 240 g/mol. The zero-order valence-corrected chi connectivity index (χ0v) is 10.4. The van der Waals surface area contributed by atoms with Gasteiger partial charge in [-0.05, 0) is 32.0 Å². The number of anilines is 2. The van der Waals surface area contributed by atoms with Crippen LogP contribution in [-0.4, -0.2) is 25.3 Å². The van der Waals surface area contributed by atoms with Crippen LogP contribution >= 0.6 is 11.6 Å². The number of rotatable bonds is 1. The number of benzene rings is 1. The quantitative estimate of drug-likeness (QED) is 0.767. The van der Waals surface area contributed by atoms with Crippen molar-refractivity contribution in [1.29, 1.82) is 0 Å². The highest BCUT2D eigenvalue weighted by molar-refractivity contribution is 6.31. The molecular formula is C12H17ClN2O. The van der Waals surface area contributed by atoms with Crippen molar-refractivity contribution in [3.63, 3.8) is 0 Å². The molecule has 0 radical (unpaired) electrons. The molecule has 1 aromatic rings. The van der Waals surface area contributed by atoms with E-state index >= 15 is 0 Å². The van der Waals surface area contributed by atoms with Gasteiger partial charge in [-0.25, -0.2) is 0 Å². The van der Waals surface area contributed by atoms with E-state index in [0.29, 0.717) is 5.02 Å². The summed E-state index contributed by atoms with van der Waals surface area (Å²) in [5, 5.41) is 0.676. The molecule has 16 heavy (non-hydrogen) atoms. The van der Waals surface area contributed by atoms with E-state index in [4.69, 9.17) is 22.1 Å². The lowest BCUT2D eigenvalue weighted by atomic mass is 10.2. The molecule has 0 unspecified atom stereocenters. The van der Waals surface area contributed by atoms with Gasteiger partial charge in [0.05, 0.1) is 23.6 Å². The van der Waals surface area contributed by atoms with Crippen LogP contribution in [0.5, 0.6) is 0 Å². The summed E-state index contributed by atoms with van der Waals surface area (Å²) in [6, 6.07) is 5.64. The first-order valence-corrected chi connectivity index (χ1v) is 5.89. The summed E-state index contributed by atoms with van der Waals surface area (Å²) in [4.78, 5) is 2.25. The standard InChI is InChI=1S/C12H17ClN2O/c1-8-6-15(7-9(2)16-8)12-4-3-10(13)5-11(12)14/h3-5,8-9H,6-7,14H2,1-2H3/t8-,9+. The maximum Gasteiger partial charge on any atom is 0.0726 e. The zero-order valence-electron chi connectivity index (χ0n) is 9.61. The molecule has 0 aliphatic carbocycles. The van der Waals surface area contributed by atoms with Crippen LogP contribution in [0, 0.1) is 0 Å². The molecule has 1 aliphatic heterocycles. The van der Waals surface area contributed by atoms with E-state index in [1.54, 1.807) is 6.07 Å². The van der Waals surface area contributed by atoms with Crippen molar-refractivity contribution in [2.45, 2.75) is 26.1 Å². The predicted octanol–water partition coefficient (Wildman–Crippen LogP) is 2.54. The molecule has 0 spiro atoms. The molecule has 1 aliphatic rings. The minimum absolute atomic E-state index is 0.235. The number of hydrogen-bond acceptors (Lipinski definition) is 3. The normalized spacial score (nSPS) is 25.8. The smallest absolute Gasteiger partial charge is 0.0726 e. The molecule has 2 N–H and O–H groups in total. The van der Waals surface area contributed by atoms with Gasteiger partial charge in [0.15, 0.2) is 0 Å². The fourth-order valence-electron chi connectivity index (χ4n) is 2.19. The number of nitrogen functional groups attached to an aromatic ring is 1. The summed E-state index contributed by atoms with van der Waals surface area (Å²) in [5.74, 6) is 0. The van der Waals surface area contributed by atoms with Crippen molar-refractivity contribution in [2.24, 2.45) is 0 Å². The highest BCUT2D eigenvalue weighted by atomic mass is 35.5. The van der Waals surface area contributed by atoms with E-state index in [9.17, 15) is 0 Å². The molecule has 1 fully saturated rings. The summed E-state index contributed by atoms with van der Waals surface area (Å²) in [7, 11) is 0. The van der Waals surface area contributed by atoms with Crippen molar-refractivity contribution in [2.75, 3.05) is 23.7 Å². The van der Waals surface area contributed by atoms with Gasteiger partial charge in [0.25, 0.3) is 0 Å². The summed E-state index contributed by atoms with van der Waals surface area (Å²) in [6.45, 7) is 5.90. The summed E-state index contributed by atoms with van der Waals surface area (Å²) >= 11 is 5.89. The van der Waals surface area contributed by atoms with Crippen LogP contribution in [0.2, 0.25) is 5.02 Å². The maximum absolute atomic E-state index is 5.98. The summed E-state index contributed by atoms with van der Waals surface area (Å²) in [5.41, 5.74) is 7.75. The van der Waals surface area contributed by atoms with Gasteiger partial charge in [0.2, 0.25) is 0 Å². The first kappa shape index (κ1) is 11.6. The zero-order chi connectivity index (χ0) is 11.7. The number of hydrogen-bond donors (Lipinski definition) is 1. The van der Waals surface area contributed by atoms with Crippen LogP contribution in [0.15, 0.2) is 18.2 Å². The van der Waals surface area contributed by atoms with Crippen molar-refractivity contribution in [3.05, 3.63) is 23.2 Å².